The molecular formula is C12H14N4O7. The predicted octanol–water partition coefficient (Wildman–Crippen LogP) is -3.04. The van der Waals surface area contributed by atoms with Crippen molar-refractivity contribution < 1.29 is 24.5 Å². The number of urea groups is 1. The molecule has 3 heterocycles. The van der Waals surface area contributed by atoms with Gasteiger partial charge in [0.05, 0.1) is 5.69 Å². The van der Waals surface area contributed by atoms with Gasteiger partial charge < -0.3 is 14.9 Å². The molecule has 0 saturated carbocycles. The van der Waals surface area contributed by atoms with Crippen molar-refractivity contribution in [2.24, 2.45) is 7.05 Å². The van der Waals surface area contributed by atoms with Crippen molar-refractivity contribution in [3.8, 4) is 5.75 Å². The molecule has 0 radical (unpaired) electrons. The molecule has 2 aliphatic rings. The summed E-state index contributed by atoms with van der Waals surface area (Å²) in [7, 11) is 2.61. The molecule has 1 unspecified atom stereocenters. The van der Waals surface area contributed by atoms with Crippen LogP contribution in [0.25, 0.3) is 0 Å². The smallest absolute Gasteiger partial charge is 0.328 e. The number of hydrogen-bond donors (Lipinski definition) is 4. The Hall–Kier alpha value is -2.66. The van der Waals surface area contributed by atoms with E-state index in [4.69, 9.17) is 4.74 Å². The van der Waals surface area contributed by atoms with Crippen LogP contribution in [0.2, 0.25) is 0 Å². The Kier molecular flexibility index (Phi) is 2.93. The number of nitrogens with one attached hydrogen (secondary N) is 2. The number of likely N-dealkylation sites (N-methyl/N-ethyl adjacent to an activating group) is 1. The molecule has 23 heavy (non-hydrogen) atoms. The highest BCUT2D eigenvalue weighted by atomic mass is 16.6. The number of aromatic amines is 1. The van der Waals surface area contributed by atoms with Gasteiger partial charge in [-0.15, -0.1) is 0 Å². The number of fused-ring (bicyclic) bond motifs is 1. The molecule has 124 valence electrons. The SMILES string of the molecule is CN1C(=O)NC(=O)C(O)(O)C12CCc1c(c(=O)[nH]c(=O)n1C)O2. The maximum atomic E-state index is 12.0. The van der Waals surface area contributed by atoms with E-state index in [1.165, 1.54) is 14.1 Å². The van der Waals surface area contributed by atoms with E-state index < -0.39 is 34.7 Å². The maximum absolute atomic E-state index is 12.0. The summed E-state index contributed by atoms with van der Waals surface area (Å²) in [6, 6.07) is -0.904. The molecule has 1 spiro atoms. The third-order valence-corrected chi connectivity index (χ3v) is 4.30. The second-order valence-corrected chi connectivity index (χ2v) is 5.47. The predicted molar refractivity (Wildman–Crippen MR) is 72.5 cm³/mol. The lowest BCUT2D eigenvalue weighted by molar-refractivity contribution is -0.295. The number of imide groups is 1. The van der Waals surface area contributed by atoms with Crippen LogP contribution >= 0.6 is 0 Å². The van der Waals surface area contributed by atoms with Crippen LogP contribution < -0.4 is 21.3 Å². The number of ether oxygens (including phenoxy) is 1. The molecule has 1 saturated heterocycles. The van der Waals surface area contributed by atoms with Crippen LogP contribution in [0.5, 0.6) is 5.75 Å². The van der Waals surface area contributed by atoms with E-state index in [1.54, 1.807) is 5.32 Å². The average molecular weight is 326 g/mol. The van der Waals surface area contributed by atoms with Crippen molar-refractivity contribution in [3.05, 3.63) is 26.5 Å². The summed E-state index contributed by atoms with van der Waals surface area (Å²) < 4.78 is 6.58. The first-order valence-electron chi connectivity index (χ1n) is 6.67. The lowest BCUT2D eigenvalue weighted by Gasteiger charge is -2.51. The van der Waals surface area contributed by atoms with Crippen LogP contribution in [0.1, 0.15) is 12.1 Å². The minimum absolute atomic E-state index is 0.0127. The number of aliphatic hydroxyl groups is 2. The fraction of sp³-hybridized carbons (Fsp3) is 0.500. The monoisotopic (exact) mass is 326 g/mol. The highest BCUT2D eigenvalue weighted by Gasteiger charge is 2.66. The Morgan fingerprint density at radius 2 is 1.83 bits per heavy atom. The first-order valence-corrected chi connectivity index (χ1v) is 6.67. The molecular weight excluding hydrogens is 312 g/mol. The standard InChI is InChI=1S/C12H14N4O7/c1-15-5-3-4-11(23-6(5)7(17)13-9(15)19)12(21,22)8(18)14-10(20)16(11)2/h21-22H,3-4H2,1-2H3,(H,13,17,19)(H,14,18,20). The normalized spacial score (nSPS) is 25.8. The topological polar surface area (TPSA) is 154 Å². The number of H-pyrrole nitrogens is 1. The van der Waals surface area contributed by atoms with Gasteiger partial charge in [-0.3, -0.25) is 29.4 Å². The molecule has 3 amide bonds. The summed E-state index contributed by atoms with van der Waals surface area (Å²) in [6.07, 6.45) is -0.196. The van der Waals surface area contributed by atoms with E-state index >= 15 is 0 Å². The van der Waals surface area contributed by atoms with Crippen molar-refractivity contribution in [3.63, 3.8) is 0 Å². The van der Waals surface area contributed by atoms with Crippen molar-refractivity contribution in [1.82, 2.24) is 19.8 Å². The second kappa shape index (κ2) is 4.43. The lowest BCUT2D eigenvalue weighted by Crippen LogP contribution is -2.79. The van der Waals surface area contributed by atoms with Gasteiger partial charge in [0.2, 0.25) is 5.75 Å². The molecule has 0 bridgehead atoms. The summed E-state index contributed by atoms with van der Waals surface area (Å²) in [5, 5.41) is 22.2. The van der Waals surface area contributed by atoms with E-state index in [9.17, 15) is 29.4 Å². The van der Waals surface area contributed by atoms with Crippen LogP contribution in [0.4, 0.5) is 4.79 Å². The van der Waals surface area contributed by atoms with Gasteiger partial charge in [0, 0.05) is 20.5 Å². The number of amides is 3. The largest absolute Gasteiger partial charge is 0.454 e. The molecule has 0 aliphatic carbocycles. The number of hydrogen-bond acceptors (Lipinski definition) is 7. The van der Waals surface area contributed by atoms with Gasteiger partial charge in [0.15, 0.2) is 0 Å². The number of aromatic nitrogens is 2. The zero-order chi connectivity index (χ0) is 17.2. The summed E-state index contributed by atoms with van der Waals surface area (Å²) in [4.78, 5) is 50.0. The Labute approximate surface area is 128 Å². The first kappa shape index (κ1) is 15.2. The van der Waals surface area contributed by atoms with Crippen molar-refractivity contribution in [1.29, 1.82) is 0 Å². The van der Waals surface area contributed by atoms with Gasteiger partial charge >= 0.3 is 17.5 Å². The second-order valence-electron chi connectivity index (χ2n) is 5.47. The highest BCUT2D eigenvalue weighted by Crippen LogP contribution is 2.40. The first-order chi connectivity index (χ1) is 10.6. The minimum atomic E-state index is -3.07. The molecule has 0 aromatic carbocycles. The highest BCUT2D eigenvalue weighted by molar-refractivity contribution is 6.01. The summed E-state index contributed by atoms with van der Waals surface area (Å²) in [5.41, 5.74) is -3.49. The minimum Gasteiger partial charge on any atom is -0.454 e. The summed E-state index contributed by atoms with van der Waals surface area (Å²) >= 11 is 0. The molecule has 3 rings (SSSR count). The Bertz CT molecular complexity index is 839. The summed E-state index contributed by atoms with van der Waals surface area (Å²) in [5.74, 6) is -4.78. The lowest BCUT2D eigenvalue weighted by atomic mass is 9.89. The zero-order valence-electron chi connectivity index (χ0n) is 12.2. The quantitative estimate of drug-likeness (QED) is 0.369. The number of rotatable bonds is 0. The Balaban J connectivity index is 2.21. The van der Waals surface area contributed by atoms with E-state index in [0.29, 0.717) is 0 Å². The molecule has 1 fully saturated rings. The van der Waals surface area contributed by atoms with Crippen molar-refractivity contribution >= 4 is 11.9 Å². The molecule has 1 aromatic heterocycles. The maximum Gasteiger partial charge on any atom is 0.328 e. The van der Waals surface area contributed by atoms with Crippen LogP contribution in [0.3, 0.4) is 0 Å². The van der Waals surface area contributed by atoms with Gasteiger partial charge in [0.1, 0.15) is 0 Å². The molecule has 1 atom stereocenters. The van der Waals surface area contributed by atoms with Crippen LogP contribution in [0.15, 0.2) is 9.59 Å². The summed E-state index contributed by atoms with van der Waals surface area (Å²) in [6.45, 7) is 0. The van der Waals surface area contributed by atoms with Gasteiger partial charge in [0.25, 0.3) is 17.2 Å². The molecule has 11 heteroatoms. The number of carbonyl (C=O) groups excluding carboxylic acids is 2. The Morgan fingerprint density at radius 1 is 1.17 bits per heavy atom. The number of carbonyl (C=O) groups is 2. The van der Waals surface area contributed by atoms with Gasteiger partial charge in [-0.2, -0.15) is 0 Å². The van der Waals surface area contributed by atoms with E-state index in [2.05, 4.69) is 0 Å². The van der Waals surface area contributed by atoms with Gasteiger partial charge in [-0.1, -0.05) is 0 Å². The van der Waals surface area contributed by atoms with Crippen LogP contribution in [0, 0.1) is 0 Å². The Morgan fingerprint density at radius 3 is 2.48 bits per heavy atom. The van der Waals surface area contributed by atoms with Crippen LogP contribution in [-0.4, -0.2) is 55.2 Å². The third-order valence-electron chi connectivity index (χ3n) is 4.30. The fourth-order valence-corrected chi connectivity index (χ4v) is 2.86. The fourth-order valence-electron chi connectivity index (χ4n) is 2.86. The zero-order valence-corrected chi connectivity index (χ0v) is 12.2. The van der Waals surface area contributed by atoms with Gasteiger partial charge in [-0.05, 0) is 6.42 Å². The van der Waals surface area contributed by atoms with Gasteiger partial charge in [-0.25, -0.2) is 9.59 Å². The molecule has 1 aromatic rings. The van der Waals surface area contributed by atoms with E-state index in [-0.39, 0.29) is 24.3 Å². The number of nitrogens with zero attached hydrogens (tertiary/aromatic N) is 2. The molecule has 4 N–H and O–H groups in total. The van der Waals surface area contributed by atoms with E-state index in [1.807, 2.05) is 4.98 Å². The van der Waals surface area contributed by atoms with Crippen LogP contribution in [-0.2, 0) is 18.3 Å². The van der Waals surface area contributed by atoms with E-state index in [0.717, 1.165) is 9.47 Å². The molecule has 11 nitrogen and oxygen atoms in total. The van der Waals surface area contributed by atoms with Crippen molar-refractivity contribution in [2.45, 2.75) is 24.4 Å². The average Bonchev–Trinajstić information content (AvgIpc) is 2.49. The molecule has 2 aliphatic heterocycles. The van der Waals surface area contributed by atoms with Crippen molar-refractivity contribution in [2.75, 3.05) is 7.05 Å². The third kappa shape index (κ3) is 1.77.